The van der Waals surface area contributed by atoms with Gasteiger partial charge in [0.1, 0.15) is 12.3 Å². The van der Waals surface area contributed by atoms with Crippen LogP contribution in [0.5, 0.6) is 5.88 Å². The first-order valence-electron chi connectivity index (χ1n) is 12.6. The first kappa shape index (κ1) is 25.8. The number of methoxy groups -OCH3 is 1. The van der Waals surface area contributed by atoms with Crippen LogP contribution < -0.4 is 10.1 Å². The van der Waals surface area contributed by atoms with Gasteiger partial charge in [-0.15, -0.1) is 5.10 Å². The molecule has 3 heterocycles. The molecule has 0 amide bonds. The normalized spacial score (nSPS) is 21.2. The predicted molar refractivity (Wildman–Crippen MR) is 130 cm³/mol. The number of rotatable bonds is 14. The van der Waals surface area contributed by atoms with E-state index in [4.69, 9.17) is 28.8 Å². The summed E-state index contributed by atoms with van der Waals surface area (Å²) < 4.78 is 29.5. The van der Waals surface area contributed by atoms with Gasteiger partial charge in [0.25, 0.3) is 5.88 Å². The van der Waals surface area contributed by atoms with Crippen LogP contribution in [0, 0.1) is 0 Å². The number of aromatic nitrogens is 4. The summed E-state index contributed by atoms with van der Waals surface area (Å²) in [6.45, 7) is 6.82. The van der Waals surface area contributed by atoms with E-state index in [0.29, 0.717) is 63.6 Å². The fraction of sp³-hybridized carbons (Fsp3) is 0.708. The summed E-state index contributed by atoms with van der Waals surface area (Å²) in [4.78, 5) is 11.1. The van der Waals surface area contributed by atoms with E-state index >= 15 is 0 Å². The Hall–Kier alpha value is -2.31. The van der Waals surface area contributed by atoms with E-state index in [-0.39, 0.29) is 0 Å². The summed E-state index contributed by atoms with van der Waals surface area (Å²) in [5.41, 5.74) is 0.759. The molecule has 11 heteroatoms. The first-order chi connectivity index (χ1) is 17.3. The van der Waals surface area contributed by atoms with E-state index in [1.165, 1.54) is 12.8 Å². The highest BCUT2D eigenvalue weighted by atomic mass is 16.6. The third-order valence-corrected chi connectivity index (χ3v) is 6.38. The molecule has 1 N–H and O–H groups in total. The van der Waals surface area contributed by atoms with Gasteiger partial charge >= 0.3 is 0 Å². The lowest BCUT2D eigenvalue weighted by molar-refractivity contribution is 0.00498. The van der Waals surface area contributed by atoms with E-state index in [9.17, 15) is 0 Å². The molecule has 2 aromatic rings. The number of nitrogens with zero attached hydrogens (tertiary/aromatic N) is 5. The molecule has 1 aliphatic carbocycles. The first-order valence-corrected chi connectivity index (χ1v) is 12.6. The van der Waals surface area contributed by atoms with Crippen LogP contribution in [0.25, 0.3) is 0 Å². The molecule has 0 spiro atoms. The average Bonchev–Trinajstić information content (AvgIpc) is 3.31. The number of hydrogen-bond acceptors (Lipinski definition) is 10. The zero-order valence-corrected chi connectivity index (χ0v) is 20.6. The smallest absolute Gasteiger partial charge is 0.257 e. The van der Waals surface area contributed by atoms with Gasteiger partial charge in [0.2, 0.25) is 5.95 Å². The van der Waals surface area contributed by atoms with Crippen molar-refractivity contribution in [2.45, 2.75) is 37.8 Å². The molecule has 0 bridgehead atoms. The minimum absolute atomic E-state index is 0.349. The highest BCUT2D eigenvalue weighted by Crippen LogP contribution is 2.34. The monoisotopic (exact) mass is 490 g/mol. The summed E-state index contributed by atoms with van der Waals surface area (Å²) in [6, 6.07) is 2.78. The van der Waals surface area contributed by atoms with Crippen molar-refractivity contribution in [1.82, 2.24) is 24.6 Å². The molecule has 35 heavy (non-hydrogen) atoms. The van der Waals surface area contributed by atoms with Crippen LogP contribution in [-0.4, -0.2) is 104 Å². The van der Waals surface area contributed by atoms with E-state index < -0.39 is 0 Å². The van der Waals surface area contributed by atoms with E-state index in [1.807, 2.05) is 10.9 Å². The van der Waals surface area contributed by atoms with Crippen molar-refractivity contribution in [2.24, 2.45) is 0 Å². The van der Waals surface area contributed by atoms with E-state index in [1.54, 1.807) is 25.6 Å². The third kappa shape index (κ3) is 8.11. The van der Waals surface area contributed by atoms with E-state index in [2.05, 4.69) is 20.2 Å². The summed E-state index contributed by atoms with van der Waals surface area (Å²) in [6.07, 6.45) is 9.95. The molecule has 1 saturated carbocycles. The van der Waals surface area contributed by atoms with Crippen LogP contribution >= 0.6 is 0 Å². The lowest BCUT2D eigenvalue weighted by Crippen LogP contribution is -2.45. The van der Waals surface area contributed by atoms with Gasteiger partial charge in [-0.2, -0.15) is 0 Å². The summed E-state index contributed by atoms with van der Waals surface area (Å²) in [7, 11) is 1.65. The van der Waals surface area contributed by atoms with Crippen LogP contribution in [0.4, 0.5) is 11.6 Å². The molecule has 194 valence electrons. The summed E-state index contributed by atoms with van der Waals surface area (Å²) in [5.74, 6) is 1.05. The Balaban J connectivity index is 1.29. The number of anilines is 2. The Bertz CT molecular complexity index is 840. The molecule has 0 unspecified atom stereocenters. The van der Waals surface area contributed by atoms with Crippen LogP contribution in [0.3, 0.4) is 0 Å². The van der Waals surface area contributed by atoms with Crippen LogP contribution in [0.1, 0.15) is 31.7 Å². The molecule has 2 aromatic heterocycles. The molecule has 1 saturated heterocycles. The molecule has 2 aliphatic rings. The number of ether oxygens (including phenoxy) is 5. The van der Waals surface area contributed by atoms with Crippen LogP contribution in [0.15, 0.2) is 24.7 Å². The Labute approximate surface area is 207 Å². The predicted octanol–water partition coefficient (Wildman–Crippen LogP) is 2.29. The van der Waals surface area contributed by atoms with Gasteiger partial charge in [-0.05, 0) is 31.7 Å². The van der Waals surface area contributed by atoms with Crippen molar-refractivity contribution in [3.05, 3.63) is 24.7 Å². The van der Waals surface area contributed by atoms with Crippen LogP contribution in [0.2, 0.25) is 0 Å². The second kappa shape index (κ2) is 14.3. The number of morpholine rings is 1. The second-order valence-corrected chi connectivity index (χ2v) is 8.70. The summed E-state index contributed by atoms with van der Waals surface area (Å²) >= 11 is 0. The fourth-order valence-electron chi connectivity index (χ4n) is 4.53. The minimum Gasteiger partial charge on any atom is -0.473 e. The quantitative estimate of drug-likeness (QED) is 0.397. The maximum atomic E-state index is 5.98. The Morgan fingerprint density at radius 2 is 1.57 bits per heavy atom. The molecule has 0 aromatic carbocycles. The zero-order valence-electron chi connectivity index (χ0n) is 20.6. The van der Waals surface area contributed by atoms with E-state index in [0.717, 1.165) is 44.8 Å². The van der Waals surface area contributed by atoms with Gasteiger partial charge in [0.15, 0.2) is 0 Å². The van der Waals surface area contributed by atoms with Gasteiger partial charge < -0.3 is 29.0 Å². The fourth-order valence-corrected chi connectivity index (χ4v) is 4.53. The Morgan fingerprint density at radius 3 is 2.29 bits per heavy atom. The van der Waals surface area contributed by atoms with Gasteiger partial charge in [-0.1, -0.05) is 0 Å². The average molecular weight is 491 g/mol. The highest BCUT2D eigenvalue weighted by Gasteiger charge is 2.29. The lowest BCUT2D eigenvalue weighted by Gasteiger charge is -2.38. The van der Waals surface area contributed by atoms with Crippen molar-refractivity contribution < 1.29 is 23.7 Å². The number of hydrogen-bond donors (Lipinski definition) is 1. The Morgan fingerprint density at radius 1 is 0.914 bits per heavy atom. The second-order valence-electron chi connectivity index (χ2n) is 8.70. The number of nitrogens with one attached hydrogen (secondary N) is 1. The molecule has 0 radical (unpaired) electrons. The van der Waals surface area contributed by atoms with Crippen LogP contribution in [-0.2, 0) is 18.9 Å². The molecular weight excluding hydrogens is 452 g/mol. The maximum Gasteiger partial charge on any atom is 0.257 e. The Kier molecular flexibility index (Phi) is 10.5. The van der Waals surface area contributed by atoms with Gasteiger partial charge in [0.05, 0.1) is 58.5 Å². The van der Waals surface area contributed by atoms with Crippen molar-refractivity contribution in [3.63, 3.8) is 0 Å². The van der Waals surface area contributed by atoms with Crippen molar-refractivity contribution in [3.8, 4) is 5.88 Å². The third-order valence-electron chi connectivity index (χ3n) is 6.38. The standard InChI is InChI=1S/C24H38N6O5/c1-31-13-14-33-15-16-34-17-18-35-23-22(27-24-25-7-2-8-26-24)19-30(28-23)21-5-3-20(4-6-21)29-9-11-32-12-10-29/h2,7-8,19-21H,3-6,9-18H2,1H3,(H,25,26,27). The maximum absolute atomic E-state index is 5.98. The molecular formula is C24H38N6O5. The zero-order chi connectivity index (χ0) is 24.1. The van der Waals surface area contributed by atoms with Crippen molar-refractivity contribution in [2.75, 3.05) is 78.4 Å². The SMILES string of the molecule is COCCOCCOCCOc1nn(C2CCC(N3CCOCC3)CC2)cc1Nc1ncccn1. The lowest BCUT2D eigenvalue weighted by atomic mass is 9.90. The summed E-state index contributed by atoms with van der Waals surface area (Å²) in [5, 5.41) is 8.03. The molecule has 11 nitrogen and oxygen atoms in total. The largest absolute Gasteiger partial charge is 0.473 e. The van der Waals surface area contributed by atoms with Gasteiger partial charge in [-0.3, -0.25) is 9.58 Å². The minimum atomic E-state index is 0.349. The molecule has 2 fully saturated rings. The van der Waals surface area contributed by atoms with Gasteiger partial charge in [0, 0.05) is 38.6 Å². The van der Waals surface area contributed by atoms with Crippen molar-refractivity contribution in [1.29, 1.82) is 0 Å². The topological polar surface area (TPSA) is 105 Å². The molecule has 1 aliphatic heterocycles. The molecule has 4 rings (SSSR count). The van der Waals surface area contributed by atoms with Crippen molar-refractivity contribution >= 4 is 11.6 Å². The molecule has 0 atom stereocenters. The van der Waals surface area contributed by atoms with Gasteiger partial charge in [-0.25, -0.2) is 9.97 Å². The highest BCUT2D eigenvalue weighted by molar-refractivity contribution is 5.58.